The first kappa shape index (κ1) is 19.9. The van der Waals surface area contributed by atoms with Crippen molar-refractivity contribution in [2.45, 2.75) is 78.4 Å². The maximum absolute atomic E-state index is 11.5. The molecule has 2 N–H and O–H groups in total. The number of carbonyl (C=O) groups excluding carboxylic acids is 2. The fourth-order valence-electron chi connectivity index (χ4n) is 1.90. The minimum atomic E-state index is -0.568. The van der Waals surface area contributed by atoms with Gasteiger partial charge < -0.3 is 9.47 Å². The highest BCUT2D eigenvalue weighted by Crippen LogP contribution is 2.13. The number of ether oxygens (including phenoxy) is 2. The maximum Gasteiger partial charge on any atom is 0.428 e. The predicted molar refractivity (Wildman–Crippen MR) is 92.1 cm³/mol. The first-order chi connectivity index (χ1) is 10.9. The van der Waals surface area contributed by atoms with Gasteiger partial charge in [-0.3, -0.25) is 0 Å². The van der Waals surface area contributed by atoms with Crippen LogP contribution in [0.1, 0.15) is 67.2 Å². The van der Waals surface area contributed by atoms with Crippen molar-refractivity contribution < 1.29 is 19.1 Å². The topological polar surface area (TPSA) is 101 Å². The van der Waals surface area contributed by atoms with Gasteiger partial charge in [-0.2, -0.15) is 10.2 Å². The van der Waals surface area contributed by atoms with Crippen LogP contribution in [-0.4, -0.2) is 34.8 Å². The van der Waals surface area contributed by atoms with Crippen molar-refractivity contribution in [2.24, 2.45) is 10.2 Å². The molecule has 0 aromatic carbocycles. The van der Waals surface area contributed by atoms with Crippen molar-refractivity contribution >= 4 is 23.6 Å². The zero-order chi connectivity index (χ0) is 18.4. The minimum Gasteiger partial charge on any atom is -0.443 e. The Labute approximate surface area is 143 Å². The summed E-state index contributed by atoms with van der Waals surface area (Å²) in [5, 5.41) is 8.14. The second kappa shape index (κ2) is 8.12. The van der Waals surface area contributed by atoms with E-state index in [0.717, 1.165) is 11.4 Å². The molecule has 1 fully saturated rings. The number of nitrogens with zero attached hydrogens (tertiary/aromatic N) is 2. The lowest BCUT2D eigenvalue weighted by Crippen LogP contribution is -2.31. The van der Waals surface area contributed by atoms with E-state index in [4.69, 9.17) is 9.47 Å². The highest BCUT2D eigenvalue weighted by Gasteiger charge is 2.18. The highest BCUT2D eigenvalue weighted by molar-refractivity contribution is 5.98. The predicted octanol–water partition coefficient (Wildman–Crippen LogP) is 3.32. The summed E-state index contributed by atoms with van der Waals surface area (Å²) >= 11 is 0. The molecule has 0 bridgehead atoms. The summed E-state index contributed by atoms with van der Waals surface area (Å²) in [6, 6.07) is 0. The molecule has 1 rings (SSSR count). The third-order valence-corrected chi connectivity index (χ3v) is 2.81. The number of rotatable bonds is 2. The fourth-order valence-corrected chi connectivity index (χ4v) is 1.90. The molecule has 0 aromatic rings. The van der Waals surface area contributed by atoms with Crippen LogP contribution in [0.5, 0.6) is 0 Å². The van der Waals surface area contributed by atoms with Gasteiger partial charge in [0.1, 0.15) is 11.2 Å². The maximum atomic E-state index is 11.5. The first-order valence-electron chi connectivity index (χ1n) is 8.03. The van der Waals surface area contributed by atoms with Gasteiger partial charge in [0.15, 0.2) is 0 Å². The van der Waals surface area contributed by atoms with E-state index in [1.54, 1.807) is 41.5 Å². The van der Waals surface area contributed by atoms with Crippen LogP contribution in [-0.2, 0) is 9.47 Å². The lowest BCUT2D eigenvalue weighted by Gasteiger charge is -2.20. The standard InChI is InChI=1S/C16H28N4O4/c1-15(2,3)23-13(21)19-17-11-7-9-12(10-8-11)18-20-14(22)24-16(4,5)6/h7-10H2,1-6H3,(H,19,21)(H,20,22). The molecule has 0 saturated heterocycles. The molecule has 1 aliphatic carbocycles. The molecule has 2 amide bonds. The van der Waals surface area contributed by atoms with E-state index < -0.39 is 23.4 Å². The molecule has 0 aromatic heterocycles. The Kier molecular flexibility index (Phi) is 6.74. The summed E-state index contributed by atoms with van der Waals surface area (Å²) in [5.41, 5.74) is 5.44. The molecule has 8 heteroatoms. The molecule has 0 spiro atoms. The van der Waals surface area contributed by atoms with E-state index in [9.17, 15) is 9.59 Å². The first-order valence-corrected chi connectivity index (χ1v) is 8.03. The SMILES string of the molecule is CC(C)(C)OC(=O)NN=C1CCC(=NNC(=O)OC(C)(C)C)CC1. The van der Waals surface area contributed by atoms with Crippen molar-refractivity contribution in [1.82, 2.24) is 10.9 Å². The molecule has 1 saturated carbocycles. The molecular formula is C16H28N4O4. The number of hydrogen-bond acceptors (Lipinski definition) is 6. The zero-order valence-corrected chi connectivity index (χ0v) is 15.4. The van der Waals surface area contributed by atoms with Crippen LogP contribution >= 0.6 is 0 Å². The Balaban J connectivity index is 2.38. The van der Waals surface area contributed by atoms with Crippen LogP contribution in [0.3, 0.4) is 0 Å². The average molecular weight is 340 g/mol. The second-order valence-corrected chi connectivity index (χ2v) is 7.58. The highest BCUT2D eigenvalue weighted by atomic mass is 16.6. The number of nitrogens with one attached hydrogen (secondary N) is 2. The fraction of sp³-hybridized carbons (Fsp3) is 0.750. The van der Waals surface area contributed by atoms with Crippen molar-refractivity contribution in [3.8, 4) is 0 Å². The van der Waals surface area contributed by atoms with Crippen molar-refractivity contribution in [1.29, 1.82) is 0 Å². The zero-order valence-electron chi connectivity index (χ0n) is 15.4. The Morgan fingerprint density at radius 2 is 1.04 bits per heavy atom. The molecule has 24 heavy (non-hydrogen) atoms. The van der Waals surface area contributed by atoms with Crippen LogP contribution < -0.4 is 10.9 Å². The van der Waals surface area contributed by atoms with Gasteiger partial charge in [0.25, 0.3) is 0 Å². The van der Waals surface area contributed by atoms with Crippen molar-refractivity contribution in [2.75, 3.05) is 0 Å². The van der Waals surface area contributed by atoms with Crippen LogP contribution in [0.2, 0.25) is 0 Å². The average Bonchev–Trinajstić information content (AvgIpc) is 2.40. The summed E-state index contributed by atoms with van der Waals surface area (Å²) < 4.78 is 10.2. The normalized spacial score (nSPS) is 15.4. The molecule has 8 nitrogen and oxygen atoms in total. The van der Waals surface area contributed by atoms with Crippen molar-refractivity contribution in [3.63, 3.8) is 0 Å². The van der Waals surface area contributed by atoms with Crippen LogP contribution in [0.25, 0.3) is 0 Å². The molecule has 0 heterocycles. The van der Waals surface area contributed by atoms with Crippen molar-refractivity contribution in [3.05, 3.63) is 0 Å². The van der Waals surface area contributed by atoms with E-state index >= 15 is 0 Å². The number of hydrazone groups is 2. The monoisotopic (exact) mass is 340 g/mol. The van der Waals surface area contributed by atoms with Gasteiger partial charge in [-0.15, -0.1) is 0 Å². The van der Waals surface area contributed by atoms with E-state index in [-0.39, 0.29) is 0 Å². The van der Waals surface area contributed by atoms with Gasteiger partial charge in [-0.05, 0) is 67.2 Å². The molecular weight excluding hydrogens is 312 g/mol. The third kappa shape index (κ3) is 9.12. The Hall–Kier alpha value is -2.12. The largest absolute Gasteiger partial charge is 0.443 e. The van der Waals surface area contributed by atoms with Gasteiger partial charge in [-0.1, -0.05) is 0 Å². The number of hydrogen-bond donors (Lipinski definition) is 2. The molecule has 0 unspecified atom stereocenters. The summed E-state index contributed by atoms with van der Waals surface area (Å²) in [4.78, 5) is 23.1. The summed E-state index contributed by atoms with van der Waals surface area (Å²) in [7, 11) is 0. The smallest absolute Gasteiger partial charge is 0.428 e. The van der Waals surface area contributed by atoms with Gasteiger partial charge in [0, 0.05) is 11.4 Å². The quantitative estimate of drug-likeness (QED) is 0.753. The lowest BCUT2D eigenvalue weighted by atomic mass is 9.97. The van der Waals surface area contributed by atoms with Gasteiger partial charge in [-0.25, -0.2) is 20.4 Å². The van der Waals surface area contributed by atoms with Gasteiger partial charge in [0.05, 0.1) is 0 Å². The Bertz CT molecular complexity index is 467. The molecule has 136 valence electrons. The minimum absolute atomic E-state index is 0.552. The van der Waals surface area contributed by atoms with E-state index in [1.807, 2.05) is 0 Å². The summed E-state index contributed by atoms with van der Waals surface area (Å²) in [5.74, 6) is 0. The van der Waals surface area contributed by atoms with Crippen LogP contribution in [0.15, 0.2) is 10.2 Å². The number of carbonyl (C=O) groups is 2. The lowest BCUT2D eigenvalue weighted by molar-refractivity contribution is 0.0517. The third-order valence-electron chi connectivity index (χ3n) is 2.81. The Morgan fingerprint density at radius 1 is 0.750 bits per heavy atom. The van der Waals surface area contributed by atoms with E-state index in [1.165, 1.54) is 0 Å². The second-order valence-electron chi connectivity index (χ2n) is 7.58. The van der Waals surface area contributed by atoms with E-state index in [2.05, 4.69) is 21.1 Å². The molecule has 0 aliphatic heterocycles. The Morgan fingerprint density at radius 3 is 1.29 bits per heavy atom. The van der Waals surface area contributed by atoms with E-state index in [0.29, 0.717) is 25.7 Å². The van der Waals surface area contributed by atoms with Crippen LogP contribution in [0, 0.1) is 0 Å². The molecule has 0 radical (unpaired) electrons. The van der Waals surface area contributed by atoms with Gasteiger partial charge >= 0.3 is 12.2 Å². The summed E-state index contributed by atoms with van der Waals surface area (Å²) in [6.45, 7) is 10.8. The van der Waals surface area contributed by atoms with Crippen LogP contribution in [0.4, 0.5) is 9.59 Å². The molecule has 1 aliphatic rings. The molecule has 0 atom stereocenters. The number of amides is 2. The summed E-state index contributed by atoms with van der Waals surface area (Å²) in [6.07, 6.45) is 1.55. The van der Waals surface area contributed by atoms with Gasteiger partial charge in [0.2, 0.25) is 0 Å².